The molecule has 0 aliphatic rings. The van der Waals surface area contributed by atoms with Crippen molar-refractivity contribution in [2.24, 2.45) is 12.2 Å². The average Bonchev–Trinajstić information content (AvgIpc) is 3.07. The van der Waals surface area contributed by atoms with E-state index < -0.39 is 21.7 Å². The summed E-state index contributed by atoms with van der Waals surface area (Å²) in [6.45, 7) is 3.17. The highest BCUT2D eigenvalue weighted by atomic mass is 32.2. The van der Waals surface area contributed by atoms with Crippen LogP contribution in [-0.4, -0.2) is 53.1 Å². The van der Waals surface area contributed by atoms with Crippen LogP contribution in [0.25, 0.3) is 22.6 Å². The molecule has 0 amide bonds. The standard InChI is InChI=1S/C19H20F3N5O4S/c1-5-32(28,29)15-6-12(31-10-11(2)26-30-4)8-24-17(15)18-25-13-7-16(19(20,21)22)23-9-14(13)27(18)3/h6-9H,5,10H2,1-4H3/b26-11+. The number of aryl methyl sites for hydroxylation is 1. The number of fused-ring (bicyclic) bond motifs is 1. The molecule has 0 N–H and O–H groups in total. The summed E-state index contributed by atoms with van der Waals surface area (Å²) in [5, 5.41) is 3.71. The van der Waals surface area contributed by atoms with Crippen LogP contribution in [0.4, 0.5) is 13.2 Å². The predicted molar refractivity (Wildman–Crippen MR) is 110 cm³/mol. The topological polar surface area (TPSA) is 109 Å². The number of hydrogen-bond acceptors (Lipinski definition) is 8. The van der Waals surface area contributed by atoms with E-state index >= 15 is 0 Å². The molecule has 13 heteroatoms. The van der Waals surface area contributed by atoms with Crippen LogP contribution >= 0.6 is 0 Å². The molecule has 3 heterocycles. The Kier molecular flexibility index (Phi) is 6.39. The fourth-order valence-electron chi connectivity index (χ4n) is 2.89. The summed E-state index contributed by atoms with van der Waals surface area (Å²) in [6, 6.07) is 2.11. The number of aromatic nitrogens is 4. The first-order valence-electron chi connectivity index (χ1n) is 9.30. The van der Waals surface area contributed by atoms with Gasteiger partial charge in [0.15, 0.2) is 15.7 Å². The van der Waals surface area contributed by atoms with Crippen LogP contribution in [0.15, 0.2) is 34.6 Å². The molecule has 3 rings (SSSR count). The molecule has 0 atom stereocenters. The quantitative estimate of drug-likeness (QED) is 0.384. The largest absolute Gasteiger partial charge is 0.486 e. The molecular formula is C19H20F3N5O4S. The third kappa shape index (κ3) is 4.66. The number of nitrogens with zero attached hydrogens (tertiary/aromatic N) is 5. The number of hydrogen-bond donors (Lipinski definition) is 0. The fraction of sp³-hybridized carbons (Fsp3) is 0.368. The third-order valence-electron chi connectivity index (χ3n) is 4.51. The number of rotatable bonds is 7. The molecule has 0 radical (unpaired) electrons. The minimum Gasteiger partial charge on any atom is -0.486 e. The van der Waals surface area contributed by atoms with Crippen molar-refractivity contribution < 1.29 is 31.2 Å². The molecule has 0 aromatic carbocycles. The molecule has 0 aliphatic heterocycles. The maximum atomic E-state index is 13.0. The number of alkyl halides is 3. The van der Waals surface area contributed by atoms with E-state index in [1.54, 1.807) is 14.0 Å². The van der Waals surface area contributed by atoms with Gasteiger partial charge in [-0.2, -0.15) is 13.2 Å². The summed E-state index contributed by atoms with van der Waals surface area (Å²) in [5.74, 6) is 0.0296. The van der Waals surface area contributed by atoms with Crippen molar-refractivity contribution in [3.63, 3.8) is 0 Å². The summed E-state index contributed by atoms with van der Waals surface area (Å²) in [7, 11) is -0.855. The minimum absolute atomic E-state index is 0.00580. The Balaban J connectivity index is 2.13. The van der Waals surface area contributed by atoms with E-state index in [-0.39, 0.29) is 40.0 Å². The summed E-state index contributed by atoms with van der Waals surface area (Å²) >= 11 is 0. The molecule has 172 valence electrons. The van der Waals surface area contributed by atoms with Crippen molar-refractivity contribution in [2.45, 2.75) is 24.9 Å². The Bertz CT molecular complexity index is 1290. The number of pyridine rings is 2. The average molecular weight is 471 g/mol. The van der Waals surface area contributed by atoms with Gasteiger partial charge in [-0.3, -0.25) is 0 Å². The van der Waals surface area contributed by atoms with E-state index in [0.717, 1.165) is 12.3 Å². The zero-order valence-electron chi connectivity index (χ0n) is 17.6. The SMILES string of the molecule is CCS(=O)(=O)c1cc(OC/C(C)=N/OC)cnc1-c1nc2cc(C(F)(F)F)ncc2n1C. The van der Waals surface area contributed by atoms with Crippen molar-refractivity contribution in [3.8, 4) is 17.3 Å². The monoisotopic (exact) mass is 471 g/mol. The third-order valence-corrected chi connectivity index (χ3v) is 6.25. The van der Waals surface area contributed by atoms with Gasteiger partial charge in [0, 0.05) is 13.1 Å². The van der Waals surface area contributed by atoms with E-state index in [4.69, 9.17) is 4.74 Å². The van der Waals surface area contributed by atoms with E-state index in [1.165, 1.54) is 30.9 Å². The van der Waals surface area contributed by atoms with Gasteiger partial charge in [-0.1, -0.05) is 12.1 Å². The van der Waals surface area contributed by atoms with Gasteiger partial charge in [0.05, 0.1) is 34.9 Å². The lowest BCUT2D eigenvalue weighted by molar-refractivity contribution is -0.141. The number of oxime groups is 1. The van der Waals surface area contributed by atoms with Gasteiger partial charge in [0.2, 0.25) is 0 Å². The lowest BCUT2D eigenvalue weighted by Crippen LogP contribution is -2.11. The first-order chi connectivity index (χ1) is 15.0. The van der Waals surface area contributed by atoms with Gasteiger partial charge < -0.3 is 14.1 Å². The van der Waals surface area contributed by atoms with E-state index in [1.807, 2.05) is 0 Å². The molecular weight excluding hydrogens is 451 g/mol. The van der Waals surface area contributed by atoms with Crippen molar-refractivity contribution >= 4 is 26.6 Å². The molecule has 0 saturated carbocycles. The van der Waals surface area contributed by atoms with Crippen LogP contribution in [0, 0.1) is 0 Å². The summed E-state index contributed by atoms with van der Waals surface area (Å²) in [6.07, 6.45) is -2.29. The highest BCUT2D eigenvalue weighted by molar-refractivity contribution is 7.91. The zero-order chi connectivity index (χ0) is 23.7. The second-order valence-electron chi connectivity index (χ2n) is 6.77. The van der Waals surface area contributed by atoms with Gasteiger partial charge >= 0.3 is 6.18 Å². The van der Waals surface area contributed by atoms with Gasteiger partial charge in [-0.05, 0) is 13.0 Å². The molecule has 0 aliphatic carbocycles. The van der Waals surface area contributed by atoms with E-state index in [2.05, 4.69) is 24.9 Å². The maximum absolute atomic E-state index is 13.0. The zero-order valence-corrected chi connectivity index (χ0v) is 18.5. The first-order valence-corrected chi connectivity index (χ1v) is 11.0. The number of ether oxygens (including phenoxy) is 1. The molecule has 0 saturated heterocycles. The second kappa shape index (κ2) is 8.73. The minimum atomic E-state index is -4.63. The summed E-state index contributed by atoms with van der Waals surface area (Å²) < 4.78 is 71.5. The first kappa shape index (κ1) is 23.4. The Labute approximate surface area is 181 Å². The fourth-order valence-corrected chi connectivity index (χ4v) is 3.94. The van der Waals surface area contributed by atoms with Crippen LogP contribution in [0.2, 0.25) is 0 Å². The highest BCUT2D eigenvalue weighted by Gasteiger charge is 2.33. The molecule has 0 spiro atoms. The smallest absolute Gasteiger partial charge is 0.433 e. The van der Waals surface area contributed by atoms with Gasteiger partial charge in [0.25, 0.3) is 0 Å². The lowest BCUT2D eigenvalue weighted by Gasteiger charge is -2.12. The Morgan fingerprint density at radius 3 is 2.56 bits per heavy atom. The number of halogens is 3. The van der Waals surface area contributed by atoms with Crippen LogP contribution in [0.5, 0.6) is 5.75 Å². The van der Waals surface area contributed by atoms with Crippen LogP contribution in [0.1, 0.15) is 19.5 Å². The molecule has 32 heavy (non-hydrogen) atoms. The molecule has 9 nitrogen and oxygen atoms in total. The molecule has 0 fully saturated rings. The van der Waals surface area contributed by atoms with Gasteiger partial charge in [-0.15, -0.1) is 0 Å². The normalized spacial score (nSPS) is 12.9. The van der Waals surface area contributed by atoms with Gasteiger partial charge in [-0.25, -0.2) is 23.4 Å². The molecule has 0 bridgehead atoms. The summed E-state index contributed by atoms with van der Waals surface area (Å²) in [5.41, 5.74) is -0.283. The highest BCUT2D eigenvalue weighted by Crippen LogP contribution is 2.33. The maximum Gasteiger partial charge on any atom is 0.433 e. The Morgan fingerprint density at radius 2 is 1.94 bits per heavy atom. The van der Waals surface area contributed by atoms with Crippen LogP contribution in [0.3, 0.4) is 0 Å². The van der Waals surface area contributed by atoms with Crippen molar-refractivity contribution in [1.29, 1.82) is 0 Å². The Hall–Kier alpha value is -3.22. The van der Waals surface area contributed by atoms with Crippen molar-refractivity contribution in [1.82, 2.24) is 19.5 Å². The van der Waals surface area contributed by atoms with E-state index in [9.17, 15) is 21.6 Å². The predicted octanol–water partition coefficient (Wildman–Crippen LogP) is 3.24. The molecule has 0 unspecified atom stereocenters. The van der Waals surface area contributed by atoms with Crippen LogP contribution in [-0.2, 0) is 27.9 Å². The van der Waals surface area contributed by atoms with Gasteiger partial charge in [0.1, 0.15) is 35.7 Å². The lowest BCUT2D eigenvalue weighted by atomic mass is 10.3. The van der Waals surface area contributed by atoms with Crippen molar-refractivity contribution in [2.75, 3.05) is 19.5 Å². The molecule has 3 aromatic heterocycles. The summed E-state index contributed by atoms with van der Waals surface area (Å²) in [4.78, 5) is 16.4. The Morgan fingerprint density at radius 1 is 1.22 bits per heavy atom. The van der Waals surface area contributed by atoms with E-state index in [0.29, 0.717) is 11.2 Å². The van der Waals surface area contributed by atoms with Crippen molar-refractivity contribution in [3.05, 3.63) is 30.2 Å². The number of imidazole rings is 1. The second-order valence-corrected chi connectivity index (χ2v) is 9.02. The number of sulfone groups is 1. The molecule has 3 aromatic rings. The van der Waals surface area contributed by atoms with Crippen LogP contribution < -0.4 is 4.74 Å².